The molecule has 20 heavy (non-hydrogen) atoms. The molecule has 1 aromatic carbocycles. The van der Waals surface area contributed by atoms with Crippen molar-refractivity contribution >= 4 is 34.5 Å². The third-order valence-corrected chi connectivity index (χ3v) is 3.54. The lowest BCUT2D eigenvalue weighted by molar-refractivity contribution is -0.117. The molecule has 1 atom stereocenters. The lowest BCUT2D eigenvalue weighted by Gasteiger charge is -2.11. The fraction of sp³-hybridized carbons (Fsp3) is 0.143. The molecule has 6 heteroatoms. The van der Waals surface area contributed by atoms with E-state index < -0.39 is 6.04 Å². The normalized spacial score (nSPS) is 11.7. The van der Waals surface area contributed by atoms with E-state index in [4.69, 9.17) is 5.73 Å². The maximum Gasteiger partial charge on any atom is 0.246 e. The highest BCUT2D eigenvalue weighted by Crippen LogP contribution is 2.20. The van der Waals surface area contributed by atoms with E-state index in [1.54, 1.807) is 24.3 Å². The third-order valence-electron chi connectivity index (χ3n) is 2.58. The molecule has 0 radical (unpaired) electrons. The van der Waals surface area contributed by atoms with Gasteiger partial charge in [-0.1, -0.05) is 12.1 Å². The Morgan fingerprint density at radius 1 is 1.15 bits per heavy atom. The number of rotatable bonds is 4. The molecule has 1 aromatic heterocycles. The number of carbonyl (C=O) groups is 2. The zero-order valence-electron chi connectivity index (χ0n) is 10.9. The van der Waals surface area contributed by atoms with Gasteiger partial charge >= 0.3 is 0 Å². The number of thiophene rings is 1. The first-order chi connectivity index (χ1) is 9.56. The van der Waals surface area contributed by atoms with Crippen molar-refractivity contribution in [3.63, 3.8) is 0 Å². The second-order valence-corrected chi connectivity index (χ2v) is 5.22. The van der Waals surface area contributed by atoms with Gasteiger partial charge in [-0.25, -0.2) is 0 Å². The summed E-state index contributed by atoms with van der Waals surface area (Å²) in [6.07, 6.45) is 0. The van der Waals surface area contributed by atoms with Gasteiger partial charge in [0.1, 0.15) is 6.04 Å². The van der Waals surface area contributed by atoms with E-state index in [-0.39, 0.29) is 11.8 Å². The first-order valence-corrected chi connectivity index (χ1v) is 6.92. The van der Waals surface area contributed by atoms with E-state index in [2.05, 4.69) is 10.6 Å². The highest BCUT2D eigenvalue weighted by atomic mass is 32.1. The van der Waals surface area contributed by atoms with Gasteiger partial charge in [-0.15, -0.1) is 11.3 Å². The zero-order valence-corrected chi connectivity index (χ0v) is 11.7. The number of carbonyl (C=O) groups excluding carboxylic acids is 2. The van der Waals surface area contributed by atoms with E-state index in [1.807, 2.05) is 17.5 Å². The molecule has 1 unspecified atom stereocenters. The summed E-state index contributed by atoms with van der Waals surface area (Å²) in [4.78, 5) is 23.8. The number of nitrogens with two attached hydrogens (primary N) is 1. The molecule has 0 bridgehead atoms. The number of benzene rings is 1. The minimum Gasteiger partial charge on any atom is -0.326 e. The number of hydrogen-bond donors (Lipinski definition) is 3. The Morgan fingerprint density at radius 3 is 2.45 bits per heavy atom. The van der Waals surface area contributed by atoms with Crippen molar-refractivity contribution in [1.82, 2.24) is 0 Å². The lowest BCUT2D eigenvalue weighted by Crippen LogP contribution is -2.27. The van der Waals surface area contributed by atoms with Crippen LogP contribution in [0.1, 0.15) is 17.8 Å². The topological polar surface area (TPSA) is 84.2 Å². The van der Waals surface area contributed by atoms with E-state index >= 15 is 0 Å². The van der Waals surface area contributed by atoms with Crippen LogP contribution < -0.4 is 16.4 Å². The Kier molecular flexibility index (Phi) is 4.49. The molecule has 2 amide bonds. The van der Waals surface area contributed by atoms with Crippen molar-refractivity contribution in [1.29, 1.82) is 0 Å². The van der Waals surface area contributed by atoms with Crippen LogP contribution in [-0.4, -0.2) is 11.8 Å². The predicted molar refractivity (Wildman–Crippen MR) is 80.6 cm³/mol. The fourth-order valence-corrected chi connectivity index (χ4v) is 2.42. The van der Waals surface area contributed by atoms with Crippen LogP contribution in [0.4, 0.5) is 11.4 Å². The molecule has 5 nitrogen and oxygen atoms in total. The van der Waals surface area contributed by atoms with Gasteiger partial charge in [-0.2, -0.15) is 0 Å². The molecule has 1 heterocycles. The second-order valence-electron chi connectivity index (χ2n) is 4.24. The number of hydrogen-bond acceptors (Lipinski definition) is 4. The minimum absolute atomic E-state index is 0.163. The van der Waals surface area contributed by atoms with Gasteiger partial charge in [-0.05, 0) is 29.6 Å². The molecule has 0 saturated heterocycles. The Hall–Kier alpha value is -2.18. The Labute approximate surface area is 120 Å². The molecule has 104 valence electrons. The molecule has 2 rings (SSSR count). The summed E-state index contributed by atoms with van der Waals surface area (Å²) in [5, 5.41) is 7.27. The molecule has 0 aliphatic rings. The van der Waals surface area contributed by atoms with Gasteiger partial charge in [0.15, 0.2) is 0 Å². The number of anilines is 2. The summed E-state index contributed by atoms with van der Waals surface area (Å²) in [7, 11) is 0. The first kappa shape index (κ1) is 14.2. The van der Waals surface area contributed by atoms with Crippen LogP contribution in [0, 0.1) is 0 Å². The van der Waals surface area contributed by atoms with Crippen molar-refractivity contribution in [2.45, 2.75) is 13.0 Å². The predicted octanol–water partition coefficient (Wildman–Crippen LogP) is 2.34. The van der Waals surface area contributed by atoms with Crippen LogP contribution >= 0.6 is 11.3 Å². The van der Waals surface area contributed by atoms with E-state index in [1.165, 1.54) is 18.3 Å². The molecular formula is C14H15N3O2S. The summed E-state index contributed by atoms with van der Waals surface area (Å²) in [6, 6.07) is 9.89. The lowest BCUT2D eigenvalue weighted by atomic mass is 10.2. The Bertz CT molecular complexity index is 611. The molecule has 0 spiro atoms. The molecule has 0 saturated carbocycles. The monoisotopic (exact) mass is 289 g/mol. The summed E-state index contributed by atoms with van der Waals surface area (Å²) in [5.74, 6) is -0.448. The van der Waals surface area contributed by atoms with Gasteiger partial charge < -0.3 is 16.4 Å². The largest absolute Gasteiger partial charge is 0.326 e. The van der Waals surface area contributed by atoms with Crippen LogP contribution in [0.5, 0.6) is 0 Å². The average molecular weight is 289 g/mol. The average Bonchev–Trinajstić information content (AvgIpc) is 2.91. The van der Waals surface area contributed by atoms with Crippen molar-refractivity contribution in [3.8, 4) is 0 Å². The Balaban J connectivity index is 2.06. The number of amides is 2. The maximum absolute atomic E-state index is 12.0. The van der Waals surface area contributed by atoms with E-state index in [0.29, 0.717) is 11.4 Å². The minimum atomic E-state index is -0.695. The third kappa shape index (κ3) is 3.66. The quantitative estimate of drug-likeness (QED) is 0.807. The van der Waals surface area contributed by atoms with Crippen LogP contribution in [0.2, 0.25) is 0 Å². The van der Waals surface area contributed by atoms with Gasteiger partial charge in [0, 0.05) is 23.2 Å². The second kappa shape index (κ2) is 6.31. The van der Waals surface area contributed by atoms with Gasteiger partial charge in [0.25, 0.3) is 0 Å². The number of nitrogens with one attached hydrogen (secondary N) is 2. The molecular weight excluding hydrogens is 274 g/mol. The maximum atomic E-state index is 12.0. The van der Waals surface area contributed by atoms with Crippen LogP contribution in [0.3, 0.4) is 0 Å². The van der Waals surface area contributed by atoms with Crippen molar-refractivity contribution in [2.24, 2.45) is 5.73 Å². The smallest absolute Gasteiger partial charge is 0.246 e. The van der Waals surface area contributed by atoms with E-state index in [0.717, 1.165) is 4.88 Å². The van der Waals surface area contributed by atoms with Gasteiger partial charge in [0.05, 0.1) is 0 Å². The van der Waals surface area contributed by atoms with Crippen LogP contribution in [0.15, 0.2) is 41.8 Å². The molecule has 2 aromatic rings. The summed E-state index contributed by atoms with van der Waals surface area (Å²) < 4.78 is 0. The van der Waals surface area contributed by atoms with Crippen LogP contribution in [0.25, 0.3) is 0 Å². The molecule has 0 aliphatic carbocycles. The highest BCUT2D eigenvalue weighted by molar-refractivity contribution is 7.10. The summed E-state index contributed by atoms with van der Waals surface area (Å²) >= 11 is 1.44. The van der Waals surface area contributed by atoms with Gasteiger partial charge in [-0.3, -0.25) is 9.59 Å². The van der Waals surface area contributed by atoms with Crippen LogP contribution in [-0.2, 0) is 9.59 Å². The Morgan fingerprint density at radius 2 is 1.85 bits per heavy atom. The first-order valence-electron chi connectivity index (χ1n) is 6.04. The summed E-state index contributed by atoms with van der Waals surface area (Å²) in [6.45, 7) is 1.43. The van der Waals surface area contributed by atoms with Gasteiger partial charge in [0.2, 0.25) is 11.8 Å². The van der Waals surface area contributed by atoms with Crippen molar-refractivity contribution < 1.29 is 9.59 Å². The van der Waals surface area contributed by atoms with Crippen molar-refractivity contribution in [2.75, 3.05) is 10.6 Å². The standard InChI is InChI=1S/C14H15N3O2S/c1-9(18)16-10-4-2-5-11(8-10)17-14(19)13(15)12-6-3-7-20-12/h2-8,13H,15H2,1H3,(H,16,18)(H,17,19). The SMILES string of the molecule is CC(=O)Nc1cccc(NC(=O)C(N)c2cccs2)c1. The van der Waals surface area contributed by atoms with Crippen molar-refractivity contribution in [3.05, 3.63) is 46.7 Å². The summed E-state index contributed by atoms with van der Waals surface area (Å²) in [5.41, 5.74) is 7.09. The molecule has 0 aliphatic heterocycles. The van der Waals surface area contributed by atoms with E-state index in [9.17, 15) is 9.59 Å². The zero-order chi connectivity index (χ0) is 14.5. The molecule has 4 N–H and O–H groups in total. The fourth-order valence-electron chi connectivity index (χ4n) is 1.70. The molecule has 0 fully saturated rings. The highest BCUT2D eigenvalue weighted by Gasteiger charge is 2.16.